The molecular formula is C17H27N3O2. The van der Waals surface area contributed by atoms with E-state index in [-0.39, 0.29) is 24.4 Å². The molecule has 0 N–H and O–H groups in total. The average Bonchev–Trinajstić information content (AvgIpc) is 2.54. The molecule has 1 aromatic rings. The largest absolute Gasteiger partial charge is 0.342 e. The molecule has 5 heteroatoms. The predicted octanol–water partition coefficient (Wildman–Crippen LogP) is 1.84. The summed E-state index contributed by atoms with van der Waals surface area (Å²) in [5, 5.41) is 0. The third kappa shape index (κ3) is 4.56. The number of hydrogen-bond acceptors (Lipinski definition) is 3. The van der Waals surface area contributed by atoms with E-state index in [0.717, 1.165) is 5.69 Å². The molecule has 0 heterocycles. The molecule has 0 aromatic heterocycles. The molecule has 122 valence electrons. The number of amides is 2. The summed E-state index contributed by atoms with van der Waals surface area (Å²) < 4.78 is 0. The molecule has 0 aliphatic carbocycles. The highest BCUT2D eigenvalue weighted by atomic mass is 16.2. The van der Waals surface area contributed by atoms with E-state index in [1.165, 1.54) is 0 Å². The first kappa shape index (κ1) is 18.2. The molecule has 0 spiro atoms. The number of benzene rings is 1. The number of rotatable bonds is 7. The van der Waals surface area contributed by atoms with E-state index in [1.807, 2.05) is 58.2 Å². The SMILES string of the molecule is CCN(CC)C(=O)CN(C)C(C)C(=O)N(C)c1ccccc1. The van der Waals surface area contributed by atoms with Gasteiger partial charge in [0.05, 0.1) is 12.6 Å². The van der Waals surface area contributed by atoms with E-state index in [9.17, 15) is 9.59 Å². The normalized spacial score (nSPS) is 12.1. The molecule has 5 nitrogen and oxygen atoms in total. The molecule has 0 aliphatic rings. The van der Waals surface area contributed by atoms with E-state index in [1.54, 1.807) is 21.7 Å². The van der Waals surface area contributed by atoms with Crippen LogP contribution in [0.5, 0.6) is 0 Å². The second-order valence-corrected chi connectivity index (χ2v) is 5.39. The van der Waals surface area contributed by atoms with E-state index < -0.39 is 0 Å². The van der Waals surface area contributed by atoms with Crippen LogP contribution in [0.1, 0.15) is 20.8 Å². The molecule has 0 fully saturated rings. The van der Waals surface area contributed by atoms with Crippen molar-refractivity contribution in [2.75, 3.05) is 38.6 Å². The minimum atomic E-state index is -0.357. The zero-order valence-corrected chi connectivity index (χ0v) is 14.2. The molecule has 0 saturated carbocycles. The molecule has 0 saturated heterocycles. The van der Waals surface area contributed by atoms with Crippen molar-refractivity contribution >= 4 is 17.5 Å². The Balaban J connectivity index is 2.68. The Hall–Kier alpha value is -1.88. The van der Waals surface area contributed by atoms with E-state index in [2.05, 4.69) is 0 Å². The Labute approximate surface area is 133 Å². The van der Waals surface area contributed by atoms with Crippen LogP contribution in [-0.2, 0) is 9.59 Å². The van der Waals surface area contributed by atoms with Gasteiger partial charge in [0.15, 0.2) is 0 Å². The van der Waals surface area contributed by atoms with Crippen molar-refractivity contribution in [3.8, 4) is 0 Å². The van der Waals surface area contributed by atoms with Crippen LogP contribution in [0.3, 0.4) is 0 Å². The fraction of sp³-hybridized carbons (Fsp3) is 0.529. The number of anilines is 1. The monoisotopic (exact) mass is 305 g/mol. The van der Waals surface area contributed by atoms with Crippen LogP contribution in [0, 0.1) is 0 Å². The van der Waals surface area contributed by atoms with Gasteiger partial charge in [-0.25, -0.2) is 0 Å². The van der Waals surface area contributed by atoms with Crippen molar-refractivity contribution in [3.05, 3.63) is 30.3 Å². The van der Waals surface area contributed by atoms with Crippen LogP contribution in [0.15, 0.2) is 30.3 Å². The molecular weight excluding hydrogens is 278 g/mol. The summed E-state index contributed by atoms with van der Waals surface area (Å²) in [5.41, 5.74) is 0.850. The zero-order valence-electron chi connectivity index (χ0n) is 14.2. The van der Waals surface area contributed by atoms with Crippen molar-refractivity contribution in [1.29, 1.82) is 0 Å². The molecule has 0 radical (unpaired) electrons. The quantitative estimate of drug-likeness (QED) is 0.772. The topological polar surface area (TPSA) is 43.9 Å². The van der Waals surface area contributed by atoms with Gasteiger partial charge in [-0.15, -0.1) is 0 Å². The van der Waals surface area contributed by atoms with Crippen LogP contribution in [0.25, 0.3) is 0 Å². The van der Waals surface area contributed by atoms with Crippen LogP contribution in [0.2, 0.25) is 0 Å². The second kappa shape index (κ2) is 8.54. The highest BCUT2D eigenvalue weighted by molar-refractivity contribution is 5.96. The number of carbonyl (C=O) groups excluding carboxylic acids is 2. The van der Waals surface area contributed by atoms with Crippen LogP contribution < -0.4 is 4.90 Å². The number of carbonyl (C=O) groups is 2. The summed E-state index contributed by atoms with van der Waals surface area (Å²) in [6, 6.07) is 9.15. The summed E-state index contributed by atoms with van der Waals surface area (Å²) in [6.07, 6.45) is 0. The van der Waals surface area contributed by atoms with Gasteiger partial charge in [-0.2, -0.15) is 0 Å². The number of nitrogens with zero attached hydrogens (tertiary/aromatic N) is 3. The number of para-hydroxylation sites is 1. The molecule has 1 unspecified atom stereocenters. The smallest absolute Gasteiger partial charge is 0.243 e. The van der Waals surface area contributed by atoms with Crippen molar-refractivity contribution in [3.63, 3.8) is 0 Å². The van der Waals surface area contributed by atoms with Gasteiger partial charge in [0, 0.05) is 25.8 Å². The van der Waals surface area contributed by atoms with Gasteiger partial charge in [-0.3, -0.25) is 14.5 Å². The molecule has 22 heavy (non-hydrogen) atoms. The van der Waals surface area contributed by atoms with Crippen LogP contribution >= 0.6 is 0 Å². The minimum Gasteiger partial charge on any atom is -0.342 e. The maximum Gasteiger partial charge on any atom is 0.243 e. The van der Waals surface area contributed by atoms with Crippen molar-refractivity contribution in [2.45, 2.75) is 26.8 Å². The first-order valence-corrected chi connectivity index (χ1v) is 7.72. The third-order valence-electron chi connectivity index (χ3n) is 3.99. The number of likely N-dealkylation sites (N-methyl/N-ethyl adjacent to an activating group) is 3. The first-order chi connectivity index (χ1) is 10.4. The summed E-state index contributed by atoms with van der Waals surface area (Å²) in [6.45, 7) is 7.37. The second-order valence-electron chi connectivity index (χ2n) is 5.39. The fourth-order valence-electron chi connectivity index (χ4n) is 2.27. The van der Waals surface area contributed by atoms with Gasteiger partial charge >= 0.3 is 0 Å². The zero-order chi connectivity index (χ0) is 16.7. The standard InChI is InChI=1S/C17H27N3O2/c1-6-20(7-2)16(21)13-18(4)14(3)17(22)19(5)15-11-9-8-10-12-15/h8-12,14H,6-7,13H2,1-5H3. The van der Waals surface area contributed by atoms with Gasteiger partial charge < -0.3 is 9.80 Å². The van der Waals surface area contributed by atoms with Gasteiger partial charge in [0.25, 0.3) is 0 Å². The van der Waals surface area contributed by atoms with Gasteiger partial charge in [0.1, 0.15) is 0 Å². The lowest BCUT2D eigenvalue weighted by Crippen LogP contribution is -2.48. The molecule has 0 aliphatic heterocycles. The molecule has 1 atom stereocenters. The van der Waals surface area contributed by atoms with E-state index >= 15 is 0 Å². The Morgan fingerprint density at radius 2 is 1.59 bits per heavy atom. The lowest BCUT2D eigenvalue weighted by Gasteiger charge is -2.29. The number of hydrogen-bond donors (Lipinski definition) is 0. The minimum absolute atomic E-state index is 0.0268. The van der Waals surface area contributed by atoms with Crippen molar-refractivity contribution in [2.24, 2.45) is 0 Å². The van der Waals surface area contributed by atoms with Crippen LogP contribution in [0.4, 0.5) is 5.69 Å². The summed E-state index contributed by atoms with van der Waals surface area (Å²) in [5.74, 6) is 0.0237. The fourth-order valence-corrected chi connectivity index (χ4v) is 2.27. The third-order valence-corrected chi connectivity index (χ3v) is 3.99. The predicted molar refractivity (Wildman–Crippen MR) is 89.9 cm³/mol. The Morgan fingerprint density at radius 3 is 2.09 bits per heavy atom. The summed E-state index contributed by atoms with van der Waals surface area (Å²) in [7, 11) is 3.57. The maximum atomic E-state index is 12.5. The van der Waals surface area contributed by atoms with E-state index in [0.29, 0.717) is 13.1 Å². The Bertz CT molecular complexity index is 486. The molecule has 1 aromatic carbocycles. The Kier molecular flexibility index (Phi) is 7.05. The molecule has 2 amide bonds. The highest BCUT2D eigenvalue weighted by Crippen LogP contribution is 2.13. The van der Waals surface area contributed by atoms with Gasteiger partial charge in [0.2, 0.25) is 11.8 Å². The van der Waals surface area contributed by atoms with Crippen molar-refractivity contribution < 1.29 is 9.59 Å². The summed E-state index contributed by atoms with van der Waals surface area (Å²) in [4.78, 5) is 29.9. The first-order valence-electron chi connectivity index (χ1n) is 7.72. The van der Waals surface area contributed by atoms with E-state index in [4.69, 9.17) is 0 Å². The Morgan fingerprint density at radius 1 is 1.05 bits per heavy atom. The van der Waals surface area contributed by atoms with Crippen molar-refractivity contribution in [1.82, 2.24) is 9.80 Å². The average molecular weight is 305 g/mol. The molecule has 1 rings (SSSR count). The maximum absolute atomic E-state index is 12.5. The van der Waals surface area contributed by atoms with Gasteiger partial charge in [-0.05, 0) is 40.0 Å². The lowest BCUT2D eigenvalue weighted by atomic mass is 10.2. The summed E-state index contributed by atoms with van der Waals surface area (Å²) >= 11 is 0. The van der Waals surface area contributed by atoms with Crippen LogP contribution in [-0.4, -0.2) is 61.4 Å². The lowest BCUT2D eigenvalue weighted by molar-refractivity contribution is -0.133. The molecule has 0 bridgehead atoms. The van der Waals surface area contributed by atoms with Gasteiger partial charge in [-0.1, -0.05) is 18.2 Å². The highest BCUT2D eigenvalue weighted by Gasteiger charge is 2.24.